The lowest BCUT2D eigenvalue weighted by Gasteiger charge is -1.89. The maximum Gasteiger partial charge on any atom is -0.0111 e. The van der Waals surface area contributed by atoms with E-state index in [2.05, 4.69) is 26.8 Å². The molecule has 0 fully saturated rings. The van der Waals surface area contributed by atoms with Crippen molar-refractivity contribution in [2.24, 2.45) is 0 Å². The summed E-state index contributed by atoms with van der Waals surface area (Å²) in [7, 11) is 0. The maximum atomic E-state index is 2.37. The van der Waals surface area contributed by atoms with E-state index in [9.17, 15) is 0 Å². The highest BCUT2D eigenvalue weighted by Gasteiger charge is 2.27. The summed E-state index contributed by atoms with van der Waals surface area (Å²) in [6, 6.07) is 2.37. The Morgan fingerprint density at radius 3 is 1.73 bits per heavy atom. The van der Waals surface area contributed by atoms with Crippen molar-refractivity contribution >= 4 is 0 Å². The highest BCUT2D eigenvalue weighted by molar-refractivity contribution is 5.94. The lowest BCUT2D eigenvalue weighted by molar-refractivity contribution is 1.12. The average Bonchev–Trinajstić information content (AvgIpc) is 2.56. The molecule has 0 amide bonds. The van der Waals surface area contributed by atoms with Gasteiger partial charge in [0.05, 0.1) is 0 Å². The molecule has 0 saturated heterocycles. The fourth-order valence-corrected chi connectivity index (χ4v) is 2.00. The summed E-state index contributed by atoms with van der Waals surface area (Å²) in [5, 5.41) is 0. The van der Waals surface area contributed by atoms with E-state index in [1.54, 1.807) is 27.8 Å². The standard InChI is InChI=1S/C11H14/c1-4-8-6-9(5-2)11-7(3)10(8)11/h6H,4-5H2,1-3H3. The largest absolute Gasteiger partial charge is 0.0613 e. The third-order valence-electron chi connectivity index (χ3n) is 2.69. The molecular formula is C11H14. The number of benzene rings is 1. The molecular weight excluding hydrogens is 132 g/mol. The molecule has 0 aromatic rings. The predicted octanol–water partition coefficient (Wildman–Crippen LogP) is 3.10. The predicted molar refractivity (Wildman–Crippen MR) is 48.9 cm³/mol. The van der Waals surface area contributed by atoms with E-state index in [1.807, 2.05) is 0 Å². The Labute approximate surface area is 68.3 Å². The van der Waals surface area contributed by atoms with Crippen molar-refractivity contribution in [3.8, 4) is 11.1 Å². The first-order chi connectivity index (χ1) is 5.29. The van der Waals surface area contributed by atoms with Crippen LogP contribution in [-0.2, 0) is 12.8 Å². The smallest absolute Gasteiger partial charge is 0.0111 e. The van der Waals surface area contributed by atoms with Gasteiger partial charge in [-0.05, 0) is 47.6 Å². The Bertz CT molecular complexity index is 280. The average molecular weight is 146 g/mol. The van der Waals surface area contributed by atoms with Crippen molar-refractivity contribution in [2.75, 3.05) is 0 Å². The summed E-state index contributed by atoms with van der Waals surface area (Å²) in [4.78, 5) is 0. The molecule has 0 bridgehead atoms. The fraction of sp³-hybridized carbons (Fsp3) is 0.455. The first-order valence-corrected chi connectivity index (χ1v) is 4.45. The molecule has 11 heavy (non-hydrogen) atoms. The summed E-state index contributed by atoms with van der Waals surface area (Å²) >= 11 is 0. The van der Waals surface area contributed by atoms with Crippen molar-refractivity contribution < 1.29 is 0 Å². The van der Waals surface area contributed by atoms with E-state index in [-0.39, 0.29) is 0 Å². The quantitative estimate of drug-likeness (QED) is 0.610. The van der Waals surface area contributed by atoms with Gasteiger partial charge in [0.2, 0.25) is 0 Å². The summed E-state index contributed by atoms with van der Waals surface area (Å²) in [5.74, 6) is 0. The van der Waals surface area contributed by atoms with Crippen LogP contribution in [0.25, 0.3) is 11.1 Å². The zero-order chi connectivity index (χ0) is 8.01. The molecule has 0 unspecified atom stereocenters. The molecule has 2 rings (SSSR count). The molecule has 58 valence electrons. The van der Waals surface area contributed by atoms with E-state index >= 15 is 0 Å². The van der Waals surface area contributed by atoms with Gasteiger partial charge in [-0.25, -0.2) is 0 Å². The maximum absolute atomic E-state index is 2.37. The highest BCUT2D eigenvalue weighted by atomic mass is 14.3. The van der Waals surface area contributed by atoms with Crippen molar-refractivity contribution in [1.82, 2.24) is 0 Å². The van der Waals surface area contributed by atoms with Crippen LogP contribution >= 0.6 is 0 Å². The number of aryl methyl sites for hydroxylation is 3. The molecule has 0 spiro atoms. The van der Waals surface area contributed by atoms with Crippen molar-refractivity contribution in [3.05, 3.63) is 22.8 Å². The number of fused-ring (bicyclic) bond motifs is 1. The minimum absolute atomic E-state index is 1.19. The third-order valence-corrected chi connectivity index (χ3v) is 2.69. The van der Waals surface area contributed by atoms with Gasteiger partial charge < -0.3 is 0 Å². The van der Waals surface area contributed by atoms with Gasteiger partial charge in [-0.15, -0.1) is 0 Å². The van der Waals surface area contributed by atoms with E-state index in [4.69, 9.17) is 0 Å². The van der Waals surface area contributed by atoms with E-state index in [0.29, 0.717) is 0 Å². The van der Waals surface area contributed by atoms with Crippen LogP contribution in [0, 0.1) is 6.92 Å². The first kappa shape index (κ1) is 6.90. The molecule has 0 aliphatic heterocycles. The molecule has 0 saturated carbocycles. The van der Waals surface area contributed by atoms with Crippen LogP contribution in [-0.4, -0.2) is 0 Å². The normalized spacial score (nSPS) is 11.9. The summed E-state index contributed by atoms with van der Waals surface area (Å²) in [6.45, 7) is 6.71. The van der Waals surface area contributed by atoms with Gasteiger partial charge in [0.15, 0.2) is 0 Å². The van der Waals surface area contributed by atoms with E-state index < -0.39 is 0 Å². The number of hydrogen-bond acceptors (Lipinski definition) is 0. The van der Waals surface area contributed by atoms with Crippen molar-refractivity contribution in [2.45, 2.75) is 33.6 Å². The lowest BCUT2D eigenvalue weighted by atomic mass is 10.2. The Kier molecular flexibility index (Phi) is 1.32. The molecule has 0 aromatic heterocycles. The van der Waals surface area contributed by atoms with Gasteiger partial charge in [-0.1, -0.05) is 19.9 Å². The van der Waals surface area contributed by atoms with Gasteiger partial charge in [0, 0.05) is 0 Å². The minimum Gasteiger partial charge on any atom is -0.0613 e. The summed E-state index contributed by atoms with van der Waals surface area (Å²) in [5.41, 5.74) is 7.86. The van der Waals surface area contributed by atoms with Crippen LogP contribution in [0.4, 0.5) is 0 Å². The Balaban J connectivity index is 2.47. The van der Waals surface area contributed by atoms with Crippen LogP contribution < -0.4 is 0 Å². The second kappa shape index (κ2) is 2.10. The molecule has 0 heteroatoms. The van der Waals surface area contributed by atoms with Crippen molar-refractivity contribution in [1.29, 1.82) is 0 Å². The zero-order valence-corrected chi connectivity index (χ0v) is 7.49. The van der Waals surface area contributed by atoms with Gasteiger partial charge >= 0.3 is 0 Å². The summed E-state index contributed by atoms with van der Waals surface area (Å²) < 4.78 is 0. The fourth-order valence-electron chi connectivity index (χ4n) is 2.00. The molecule has 0 radical (unpaired) electrons. The molecule has 0 aromatic carbocycles. The number of hydrogen-bond donors (Lipinski definition) is 0. The van der Waals surface area contributed by atoms with E-state index in [0.717, 1.165) is 0 Å². The molecule has 0 heterocycles. The Morgan fingerprint density at radius 2 is 1.45 bits per heavy atom. The van der Waals surface area contributed by atoms with Gasteiger partial charge in [0.25, 0.3) is 0 Å². The highest BCUT2D eigenvalue weighted by Crippen LogP contribution is 2.48. The van der Waals surface area contributed by atoms with Crippen LogP contribution in [0.3, 0.4) is 0 Å². The molecule has 2 aliphatic carbocycles. The van der Waals surface area contributed by atoms with Crippen LogP contribution in [0.2, 0.25) is 0 Å². The van der Waals surface area contributed by atoms with Gasteiger partial charge in [-0.3, -0.25) is 0 Å². The Hall–Kier alpha value is -0.780. The Morgan fingerprint density at radius 1 is 1.00 bits per heavy atom. The van der Waals surface area contributed by atoms with Crippen LogP contribution in [0.15, 0.2) is 6.07 Å². The molecule has 0 N–H and O–H groups in total. The molecule has 0 atom stereocenters. The zero-order valence-electron chi connectivity index (χ0n) is 7.49. The first-order valence-electron chi connectivity index (χ1n) is 4.45. The lowest BCUT2D eigenvalue weighted by Crippen LogP contribution is -1.75. The van der Waals surface area contributed by atoms with Crippen molar-refractivity contribution in [3.63, 3.8) is 0 Å². The second-order valence-corrected chi connectivity index (χ2v) is 3.28. The summed E-state index contributed by atoms with van der Waals surface area (Å²) in [6.07, 6.45) is 2.39. The van der Waals surface area contributed by atoms with Crippen LogP contribution in [0.5, 0.6) is 0 Å². The van der Waals surface area contributed by atoms with Gasteiger partial charge in [0.1, 0.15) is 0 Å². The van der Waals surface area contributed by atoms with E-state index in [1.165, 1.54) is 12.8 Å². The second-order valence-electron chi connectivity index (χ2n) is 3.28. The molecule has 0 nitrogen and oxygen atoms in total. The van der Waals surface area contributed by atoms with Crippen LogP contribution in [0.1, 0.15) is 30.5 Å². The minimum atomic E-state index is 1.19. The SMILES string of the molecule is CCc1cc(CC)c2c(C)c1-2. The third kappa shape index (κ3) is 0.756. The monoisotopic (exact) mass is 146 g/mol. The van der Waals surface area contributed by atoms with Gasteiger partial charge in [-0.2, -0.15) is 0 Å². The topological polar surface area (TPSA) is 0 Å². The number of rotatable bonds is 2. The molecule has 2 aliphatic rings.